The Morgan fingerprint density at radius 1 is 1.11 bits per heavy atom. The molecule has 0 atom stereocenters. The number of benzene rings is 1. The molecule has 1 heterocycles. The average molecular weight is 319 g/mol. The highest BCUT2D eigenvalue weighted by atomic mass is 79.9. The highest BCUT2D eigenvalue weighted by Gasteiger charge is 2.01. The van der Waals surface area contributed by atoms with E-state index in [1.807, 2.05) is 45.3 Å². The second-order valence-electron chi connectivity index (χ2n) is 4.40. The highest BCUT2D eigenvalue weighted by Crippen LogP contribution is 2.25. The van der Waals surface area contributed by atoms with Crippen molar-refractivity contribution in [1.29, 1.82) is 0 Å². The molecule has 4 nitrogen and oxygen atoms in total. The van der Waals surface area contributed by atoms with Gasteiger partial charge in [-0.3, -0.25) is 0 Å². The second-order valence-corrected chi connectivity index (χ2v) is 5.32. The zero-order chi connectivity index (χ0) is 13.8. The maximum Gasteiger partial charge on any atom is 0.174 e. The van der Waals surface area contributed by atoms with Crippen molar-refractivity contribution in [3.63, 3.8) is 0 Å². The van der Waals surface area contributed by atoms with Crippen LogP contribution in [0.2, 0.25) is 0 Å². The molecule has 2 aromatic rings. The molecule has 5 heteroatoms. The summed E-state index contributed by atoms with van der Waals surface area (Å²) in [5.41, 5.74) is 3.10. The van der Waals surface area contributed by atoms with E-state index >= 15 is 0 Å². The van der Waals surface area contributed by atoms with Gasteiger partial charge in [0.2, 0.25) is 0 Å². The molecular weight excluding hydrogens is 304 g/mol. The molecular formula is C14H15BrN4. The number of hydrogen-bond donors (Lipinski definition) is 0. The summed E-state index contributed by atoms with van der Waals surface area (Å²) in [6.45, 7) is 2.02. The van der Waals surface area contributed by atoms with Gasteiger partial charge in [-0.1, -0.05) is 0 Å². The van der Waals surface area contributed by atoms with E-state index in [0.717, 1.165) is 21.4 Å². The third-order valence-electron chi connectivity index (χ3n) is 2.67. The Morgan fingerprint density at radius 2 is 1.89 bits per heavy atom. The first-order valence-corrected chi connectivity index (χ1v) is 6.67. The van der Waals surface area contributed by atoms with E-state index in [0.29, 0.717) is 5.82 Å². The number of anilines is 1. The van der Waals surface area contributed by atoms with E-state index < -0.39 is 0 Å². The van der Waals surface area contributed by atoms with Crippen molar-refractivity contribution >= 4 is 33.1 Å². The number of pyridine rings is 1. The molecule has 2 rings (SSSR count). The highest BCUT2D eigenvalue weighted by molar-refractivity contribution is 9.10. The molecule has 0 saturated carbocycles. The number of aromatic nitrogens is 1. The first-order chi connectivity index (χ1) is 9.06. The number of halogens is 1. The molecule has 1 aromatic carbocycles. The number of azo groups is 1. The third-order valence-corrected chi connectivity index (χ3v) is 3.14. The zero-order valence-corrected chi connectivity index (χ0v) is 12.7. The molecule has 0 N–H and O–H groups in total. The summed E-state index contributed by atoms with van der Waals surface area (Å²) in [5, 5.41) is 8.37. The molecule has 98 valence electrons. The van der Waals surface area contributed by atoms with E-state index in [9.17, 15) is 0 Å². The van der Waals surface area contributed by atoms with Crippen LogP contribution in [0.1, 0.15) is 5.56 Å². The van der Waals surface area contributed by atoms with E-state index in [-0.39, 0.29) is 0 Å². The van der Waals surface area contributed by atoms with Gasteiger partial charge in [0.05, 0.1) is 5.69 Å². The fourth-order valence-electron chi connectivity index (χ4n) is 1.56. The van der Waals surface area contributed by atoms with E-state index in [1.54, 1.807) is 6.20 Å². The number of rotatable bonds is 3. The topological polar surface area (TPSA) is 40.9 Å². The Hall–Kier alpha value is -1.75. The quantitative estimate of drug-likeness (QED) is 0.774. The SMILES string of the molecule is Cc1cc(N(C)C)ccc1/N=N/c1ccc(Br)cn1. The van der Waals surface area contributed by atoms with Gasteiger partial charge in [0.1, 0.15) is 0 Å². The molecule has 0 radical (unpaired) electrons. The minimum absolute atomic E-state index is 0.597. The van der Waals surface area contributed by atoms with Crippen molar-refractivity contribution in [2.24, 2.45) is 10.2 Å². The van der Waals surface area contributed by atoms with Crippen LogP contribution in [-0.4, -0.2) is 19.1 Å². The summed E-state index contributed by atoms with van der Waals surface area (Å²) in [4.78, 5) is 6.21. The van der Waals surface area contributed by atoms with Gasteiger partial charge in [-0.05, 0) is 58.7 Å². The van der Waals surface area contributed by atoms with E-state index in [2.05, 4.69) is 42.1 Å². The van der Waals surface area contributed by atoms with Crippen LogP contribution in [0.3, 0.4) is 0 Å². The van der Waals surface area contributed by atoms with Crippen LogP contribution in [0.5, 0.6) is 0 Å². The van der Waals surface area contributed by atoms with Gasteiger partial charge in [0.25, 0.3) is 0 Å². The molecule has 0 fully saturated rings. The lowest BCUT2D eigenvalue weighted by atomic mass is 10.2. The van der Waals surface area contributed by atoms with Gasteiger partial charge in [-0.15, -0.1) is 10.2 Å². The van der Waals surface area contributed by atoms with E-state index in [1.165, 1.54) is 0 Å². The van der Waals surface area contributed by atoms with Gasteiger partial charge in [0.15, 0.2) is 5.82 Å². The van der Waals surface area contributed by atoms with E-state index in [4.69, 9.17) is 0 Å². The lowest BCUT2D eigenvalue weighted by Gasteiger charge is -2.13. The molecule has 0 aliphatic rings. The molecule has 0 saturated heterocycles. The largest absolute Gasteiger partial charge is 0.378 e. The molecule has 0 bridgehead atoms. The first-order valence-electron chi connectivity index (χ1n) is 5.87. The summed E-state index contributed by atoms with van der Waals surface area (Å²) in [6, 6.07) is 9.78. The van der Waals surface area contributed by atoms with Gasteiger partial charge in [-0.25, -0.2) is 4.98 Å². The Labute approximate surface area is 121 Å². The van der Waals surface area contributed by atoms with Crippen molar-refractivity contribution < 1.29 is 0 Å². The maximum absolute atomic E-state index is 4.23. The summed E-state index contributed by atoms with van der Waals surface area (Å²) in [6.07, 6.45) is 1.70. The Balaban J connectivity index is 2.21. The molecule has 19 heavy (non-hydrogen) atoms. The van der Waals surface area contributed by atoms with Crippen molar-refractivity contribution in [3.05, 3.63) is 46.6 Å². The predicted octanol–water partition coefficient (Wildman–Crippen LogP) is 4.63. The van der Waals surface area contributed by atoms with Crippen LogP contribution in [0, 0.1) is 6.92 Å². The summed E-state index contributed by atoms with van der Waals surface area (Å²) in [7, 11) is 4.03. The first kappa shape index (κ1) is 13.7. The van der Waals surface area contributed by atoms with Crippen molar-refractivity contribution in [3.8, 4) is 0 Å². The van der Waals surface area contributed by atoms with Crippen LogP contribution in [0.25, 0.3) is 0 Å². The zero-order valence-electron chi connectivity index (χ0n) is 11.1. The summed E-state index contributed by atoms with van der Waals surface area (Å²) >= 11 is 3.34. The molecule has 0 aliphatic heterocycles. The molecule has 0 amide bonds. The fraction of sp³-hybridized carbons (Fsp3) is 0.214. The van der Waals surface area contributed by atoms with Gasteiger partial charge in [0, 0.05) is 30.5 Å². The minimum atomic E-state index is 0.597. The number of hydrogen-bond acceptors (Lipinski definition) is 4. The Bertz CT molecular complexity index is 591. The number of aryl methyl sites for hydroxylation is 1. The molecule has 0 spiro atoms. The van der Waals surface area contributed by atoms with Gasteiger partial charge < -0.3 is 4.90 Å². The maximum atomic E-state index is 4.23. The summed E-state index contributed by atoms with van der Waals surface area (Å²) in [5.74, 6) is 0.597. The smallest absolute Gasteiger partial charge is 0.174 e. The van der Waals surface area contributed by atoms with Crippen LogP contribution < -0.4 is 4.90 Å². The predicted molar refractivity (Wildman–Crippen MR) is 81.6 cm³/mol. The monoisotopic (exact) mass is 318 g/mol. The lowest BCUT2D eigenvalue weighted by molar-refractivity contribution is 1.11. The Kier molecular flexibility index (Phi) is 4.27. The molecule has 0 unspecified atom stereocenters. The van der Waals surface area contributed by atoms with Crippen molar-refractivity contribution in [1.82, 2.24) is 4.98 Å². The van der Waals surface area contributed by atoms with Crippen molar-refractivity contribution in [2.45, 2.75) is 6.92 Å². The molecule has 0 aliphatic carbocycles. The third kappa shape index (κ3) is 3.61. The minimum Gasteiger partial charge on any atom is -0.378 e. The van der Waals surface area contributed by atoms with Crippen LogP contribution in [-0.2, 0) is 0 Å². The fourth-order valence-corrected chi connectivity index (χ4v) is 1.80. The van der Waals surface area contributed by atoms with Crippen LogP contribution >= 0.6 is 15.9 Å². The second kappa shape index (κ2) is 5.93. The standard InChI is InChI=1S/C14H15BrN4/c1-10-8-12(19(2)3)5-6-13(10)17-18-14-7-4-11(15)9-16-14/h4-9H,1-3H3/b18-17+. The summed E-state index contributed by atoms with van der Waals surface area (Å²) < 4.78 is 0.929. The van der Waals surface area contributed by atoms with Crippen molar-refractivity contribution in [2.75, 3.05) is 19.0 Å². The van der Waals surface area contributed by atoms with Gasteiger partial charge >= 0.3 is 0 Å². The normalized spacial score (nSPS) is 10.9. The average Bonchev–Trinajstić information content (AvgIpc) is 2.39. The Morgan fingerprint density at radius 3 is 2.47 bits per heavy atom. The van der Waals surface area contributed by atoms with Crippen LogP contribution in [0.15, 0.2) is 51.2 Å². The van der Waals surface area contributed by atoms with Crippen LogP contribution in [0.4, 0.5) is 17.2 Å². The lowest BCUT2D eigenvalue weighted by Crippen LogP contribution is -2.08. The van der Waals surface area contributed by atoms with Gasteiger partial charge in [-0.2, -0.15) is 0 Å². The number of nitrogens with zero attached hydrogens (tertiary/aromatic N) is 4. The molecule has 1 aromatic heterocycles.